The molecule has 0 bridgehead atoms. The van der Waals surface area contributed by atoms with Gasteiger partial charge in [-0.1, -0.05) is 17.7 Å². The van der Waals surface area contributed by atoms with Gasteiger partial charge in [0.05, 0.1) is 13.2 Å². The molecule has 2 aromatic carbocycles. The number of methoxy groups -OCH3 is 1. The third kappa shape index (κ3) is 4.73. The number of rotatable bonds is 7. The maximum Gasteiger partial charge on any atom is 0.279 e. The molecule has 2 N–H and O–H groups in total. The van der Waals surface area contributed by atoms with Gasteiger partial charge in [-0.25, -0.2) is 0 Å². The summed E-state index contributed by atoms with van der Waals surface area (Å²) >= 11 is 5.96. The van der Waals surface area contributed by atoms with E-state index in [1.807, 2.05) is 24.3 Å². The average molecular weight is 346 g/mol. The number of benzene rings is 2. The van der Waals surface area contributed by atoms with E-state index >= 15 is 0 Å². The van der Waals surface area contributed by atoms with Crippen LogP contribution in [0.3, 0.4) is 0 Å². The molecule has 24 heavy (non-hydrogen) atoms. The van der Waals surface area contributed by atoms with Gasteiger partial charge in [-0.2, -0.15) is 0 Å². The normalized spacial score (nSPS) is 14.9. The number of anilines is 1. The number of carbonyl (C=O) groups is 1. The van der Waals surface area contributed by atoms with Crippen molar-refractivity contribution in [2.45, 2.75) is 25.4 Å². The standard InChI is InChI=1S/C19H21ClN2O2/c1-24-18-9-5-14(6-10-18)12-22(17-7-8-17)13-19(23)21-16-4-2-3-15(20)11-16/h2-6,9-11,17H,7-8,12-13H2,1H3,(H,21,23)/p+1. The fraction of sp³-hybridized carbons (Fsp3) is 0.316. The summed E-state index contributed by atoms with van der Waals surface area (Å²) in [6.07, 6.45) is 2.38. The summed E-state index contributed by atoms with van der Waals surface area (Å²) in [4.78, 5) is 13.7. The number of ether oxygens (including phenoxy) is 1. The van der Waals surface area contributed by atoms with Crippen molar-refractivity contribution >= 4 is 23.2 Å². The SMILES string of the molecule is COc1ccc(C[NH+](CC(=O)Nc2cccc(Cl)c2)C2CC2)cc1. The van der Waals surface area contributed by atoms with Gasteiger partial charge in [-0.15, -0.1) is 0 Å². The van der Waals surface area contributed by atoms with Crippen LogP contribution in [-0.2, 0) is 11.3 Å². The van der Waals surface area contributed by atoms with Crippen molar-refractivity contribution in [2.75, 3.05) is 19.0 Å². The highest BCUT2D eigenvalue weighted by Crippen LogP contribution is 2.17. The molecule has 0 saturated heterocycles. The van der Waals surface area contributed by atoms with Crippen molar-refractivity contribution in [1.82, 2.24) is 0 Å². The number of quaternary nitrogens is 1. The lowest BCUT2D eigenvalue weighted by Crippen LogP contribution is -3.13. The molecule has 3 rings (SSSR count). The van der Waals surface area contributed by atoms with Crippen molar-refractivity contribution in [3.63, 3.8) is 0 Å². The molecule has 5 heteroatoms. The second kappa shape index (κ2) is 7.69. The molecule has 1 aliphatic rings. The van der Waals surface area contributed by atoms with E-state index < -0.39 is 0 Å². The maximum absolute atomic E-state index is 12.4. The topological polar surface area (TPSA) is 42.8 Å². The Balaban J connectivity index is 1.60. The van der Waals surface area contributed by atoms with Crippen LogP contribution in [0.4, 0.5) is 5.69 Å². The van der Waals surface area contributed by atoms with Crippen LogP contribution in [0.1, 0.15) is 18.4 Å². The predicted octanol–water partition coefficient (Wildman–Crippen LogP) is 2.53. The molecule has 1 fully saturated rings. The van der Waals surface area contributed by atoms with Crippen molar-refractivity contribution in [3.05, 3.63) is 59.1 Å². The van der Waals surface area contributed by atoms with E-state index in [-0.39, 0.29) is 5.91 Å². The molecule has 4 nitrogen and oxygen atoms in total. The third-order valence-electron chi connectivity index (χ3n) is 4.24. The molecule has 1 atom stereocenters. The first kappa shape index (κ1) is 16.8. The van der Waals surface area contributed by atoms with Crippen LogP contribution in [0.2, 0.25) is 5.02 Å². The average Bonchev–Trinajstić information content (AvgIpc) is 3.40. The Hall–Kier alpha value is -2.04. The van der Waals surface area contributed by atoms with Crippen LogP contribution in [0, 0.1) is 0 Å². The van der Waals surface area contributed by atoms with E-state index in [0.29, 0.717) is 17.6 Å². The van der Waals surface area contributed by atoms with Crippen LogP contribution in [0.5, 0.6) is 5.75 Å². The van der Waals surface area contributed by atoms with E-state index in [9.17, 15) is 4.79 Å². The predicted molar refractivity (Wildman–Crippen MR) is 95.6 cm³/mol. The van der Waals surface area contributed by atoms with Crippen LogP contribution in [0.15, 0.2) is 48.5 Å². The number of hydrogen-bond donors (Lipinski definition) is 2. The van der Waals surface area contributed by atoms with Gasteiger partial charge in [-0.05, 0) is 42.5 Å². The molecule has 0 radical (unpaired) electrons. The molecule has 1 unspecified atom stereocenters. The maximum atomic E-state index is 12.4. The van der Waals surface area contributed by atoms with Crippen LogP contribution in [-0.4, -0.2) is 25.6 Å². The zero-order valence-corrected chi connectivity index (χ0v) is 14.5. The number of hydrogen-bond acceptors (Lipinski definition) is 2. The van der Waals surface area contributed by atoms with Crippen LogP contribution >= 0.6 is 11.6 Å². The van der Waals surface area contributed by atoms with E-state index in [0.717, 1.165) is 18.0 Å². The first-order valence-electron chi connectivity index (χ1n) is 8.17. The van der Waals surface area contributed by atoms with Gasteiger partial charge in [-0.3, -0.25) is 4.79 Å². The van der Waals surface area contributed by atoms with Gasteiger partial charge in [0.1, 0.15) is 12.3 Å². The third-order valence-corrected chi connectivity index (χ3v) is 4.48. The Morgan fingerprint density at radius 1 is 1.25 bits per heavy atom. The minimum Gasteiger partial charge on any atom is -0.497 e. The highest BCUT2D eigenvalue weighted by molar-refractivity contribution is 6.30. The Kier molecular flexibility index (Phi) is 5.38. The number of nitrogens with one attached hydrogen (secondary N) is 2. The van der Waals surface area contributed by atoms with Crippen molar-refractivity contribution in [3.8, 4) is 5.75 Å². The Bertz CT molecular complexity index is 699. The second-order valence-corrected chi connectivity index (χ2v) is 6.63. The van der Waals surface area contributed by atoms with Gasteiger partial charge in [0.2, 0.25) is 0 Å². The van der Waals surface area contributed by atoms with Gasteiger partial charge in [0.25, 0.3) is 5.91 Å². The largest absolute Gasteiger partial charge is 0.497 e. The zero-order chi connectivity index (χ0) is 16.9. The molecule has 2 aromatic rings. The number of amides is 1. The Morgan fingerprint density at radius 2 is 2.00 bits per heavy atom. The molecule has 1 saturated carbocycles. The first-order valence-corrected chi connectivity index (χ1v) is 8.55. The van der Waals surface area contributed by atoms with Crippen molar-refractivity contribution in [2.24, 2.45) is 0 Å². The summed E-state index contributed by atoms with van der Waals surface area (Å²) < 4.78 is 5.19. The number of halogens is 1. The lowest BCUT2D eigenvalue weighted by molar-refractivity contribution is -0.916. The molecule has 1 amide bonds. The van der Waals surface area contributed by atoms with Gasteiger partial charge in [0.15, 0.2) is 6.54 Å². The van der Waals surface area contributed by atoms with Crippen LogP contribution < -0.4 is 15.0 Å². The minimum atomic E-state index is 0.0210. The fourth-order valence-corrected chi connectivity index (χ4v) is 3.02. The monoisotopic (exact) mass is 345 g/mol. The van der Waals surface area contributed by atoms with E-state index in [4.69, 9.17) is 16.3 Å². The molecule has 126 valence electrons. The molecule has 0 aromatic heterocycles. The lowest BCUT2D eigenvalue weighted by atomic mass is 10.2. The van der Waals surface area contributed by atoms with E-state index in [1.165, 1.54) is 23.3 Å². The highest BCUT2D eigenvalue weighted by Gasteiger charge is 2.34. The molecule has 0 aliphatic heterocycles. The number of carbonyl (C=O) groups excluding carboxylic acids is 1. The summed E-state index contributed by atoms with van der Waals surface area (Å²) in [5, 5.41) is 3.56. The summed E-state index contributed by atoms with van der Waals surface area (Å²) in [5.74, 6) is 0.873. The van der Waals surface area contributed by atoms with E-state index in [1.54, 1.807) is 19.2 Å². The summed E-state index contributed by atoms with van der Waals surface area (Å²) in [5.41, 5.74) is 1.96. The molecule has 1 aliphatic carbocycles. The Morgan fingerprint density at radius 3 is 2.62 bits per heavy atom. The van der Waals surface area contributed by atoms with Crippen molar-refractivity contribution in [1.29, 1.82) is 0 Å². The molecule has 0 spiro atoms. The zero-order valence-electron chi connectivity index (χ0n) is 13.7. The smallest absolute Gasteiger partial charge is 0.279 e. The van der Waals surface area contributed by atoms with E-state index in [2.05, 4.69) is 17.4 Å². The van der Waals surface area contributed by atoms with Gasteiger partial charge in [0, 0.05) is 29.1 Å². The molecular weight excluding hydrogens is 324 g/mol. The minimum absolute atomic E-state index is 0.0210. The fourth-order valence-electron chi connectivity index (χ4n) is 2.83. The van der Waals surface area contributed by atoms with Crippen molar-refractivity contribution < 1.29 is 14.4 Å². The summed E-state index contributed by atoms with van der Waals surface area (Å²) in [6.45, 7) is 1.31. The summed E-state index contributed by atoms with van der Waals surface area (Å²) in [7, 11) is 1.66. The lowest BCUT2D eigenvalue weighted by Gasteiger charge is -2.19. The van der Waals surface area contributed by atoms with Crippen LogP contribution in [0.25, 0.3) is 0 Å². The second-order valence-electron chi connectivity index (χ2n) is 6.19. The molecule has 0 heterocycles. The quantitative estimate of drug-likeness (QED) is 0.810. The highest BCUT2D eigenvalue weighted by atomic mass is 35.5. The van der Waals surface area contributed by atoms with Gasteiger partial charge < -0.3 is 15.0 Å². The first-order chi connectivity index (χ1) is 11.6. The molecular formula is C19H22ClN2O2+. The Labute approximate surface area is 147 Å². The summed E-state index contributed by atoms with van der Waals surface area (Å²) in [6, 6.07) is 15.9. The van der Waals surface area contributed by atoms with Gasteiger partial charge >= 0.3 is 0 Å².